The third kappa shape index (κ3) is 18.4. The van der Waals surface area contributed by atoms with E-state index in [2.05, 4.69) is 0 Å². The van der Waals surface area contributed by atoms with Crippen molar-refractivity contribution in [2.45, 2.75) is 19.3 Å². The van der Waals surface area contributed by atoms with Crippen molar-refractivity contribution in [3.63, 3.8) is 0 Å². The fourth-order valence-corrected chi connectivity index (χ4v) is 0. The second kappa shape index (κ2) is 9.53. The smallest absolute Gasteiger partial charge is 0.415 e. The minimum absolute atomic E-state index is 0. The molecule has 0 aliphatic heterocycles. The molecule has 8 heteroatoms. The third-order valence-electron chi connectivity index (χ3n) is 0.604. The molecular formula is C5H12O7Zn+2. The van der Waals surface area contributed by atoms with Crippen LogP contribution in [0.4, 0.5) is 0 Å². The minimum atomic E-state index is -1.98. The van der Waals surface area contributed by atoms with Crippen molar-refractivity contribution in [3.05, 3.63) is 0 Å². The first-order valence-corrected chi connectivity index (χ1v) is 2.85. The summed E-state index contributed by atoms with van der Waals surface area (Å²) < 4.78 is 0. The van der Waals surface area contributed by atoms with Crippen molar-refractivity contribution in [2.75, 3.05) is 0 Å². The van der Waals surface area contributed by atoms with E-state index in [4.69, 9.17) is 25.5 Å². The number of aliphatic carboxylic acids is 2. The Morgan fingerprint density at radius 2 is 1.31 bits per heavy atom. The summed E-state index contributed by atoms with van der Waals surface area (Å²) in [6, 6.07) is 0. The van der Waals surface area contributed by atoms with E-state index >= 15 is 0 Å². The fraction of sp³-hybridized carbons (Fsp3) is 0.600. The van der Waals surface area contributed by atoms with E-state index in [1.807, 2.05) is 0 Å². The Bertz CT molecular complexity index is 137. The second-order valence-electron chi connectivity index (χ2n) is 1.80. The van der Waals surface area contributed by atoms with Crippen LogP contribution in [0.5, 0.6) is 0 Å². The summed E-state index contributed by atoms with van der Waals surface area (Å²) in [6.07, 6.45) is -2.96. The topological polar surface area (TPSA) is 141 Å². The number of hydrogen-bond acceptors (Lipinski definition) is 3. The van der Waals surface area contributed by atoms with Crippen LogP contribution >= 0.6 is 0 Å². The molecular weight excluding hydrogens is 237 g/mol. The average Bonchev–Trinajstić information content (AvgIpc) is 1.88. The molecule has 0 bridgehead atoms. The van der Waals surface area contributed by atoms with Gasteiger partial charge in [-0.15, -0.1) is 0 Å². The third-order valence-corrected chi connectivity index (χ3v) is 0.604. The van der Waals surface area contributed by atoms with Crippen molar-refractivity contribution in [1.29, 1.82) is 0 Å². The van der Waals surface area contributed by atoms with Gasteiger partial charge in [-0.25, -0.2) is 9.59 Å². The van der Waals surface area contributed by atoms with Crippen LogP contribution in [-0.4, -0.2) is 49.9 Å². The van der Waals surface area contributed by atoms with Gasteiger partial charge in [0.2, 0.25) is 6.10 Å². The van der Waals surface area contributed by atoms with E-state index in [9.17, 15) is 9.59 Å². The predicted octanol–water partition coefficient (Wildman–Crippen LogP) is -2.70. The van der Waals surface area contributed by atoms with Crippen LogP contribution in [0, 0.1) is 0 Å². The van der Waals surface area contributed by atoms with E-state index in [0.717, 1.165) is 0 Å². The minimum Gasteiger partial charge on any atom is -0.475 e. The molecule has 0 rings (SSSR count). The summed E-state index contributed by atoms with van der Waals surface area (Å²) in [4.78, 5) is 18.8. The Kier molecular flexibility index (Phi) is 13.4. The number of carbonyl (C=O) groups is 2. The normalized spacial score (nSPS) is 12.6. The molecule has 0 fully saturated rings. The summed E-state index contributed by atoms with van der Waals surface area (Å²) in [7, 11) is 0. The number of carboxylic acids is 2. The van der Waals surface area contributed by atoms with E-state index in [0.29, 0.717) is 0 Å². The Labute approximate surface area is 86.4 Å². The van der Waals surface area contributed by atoms with Crippen LogP contribution in [0.3, 0.4) is 0 Å². The van der Waals surface area contributed by atoms with Crippen LogP contribution < -0.4 is 0 Å². The van der Waals surface area contributed by atoms with Crippen LogP contribution in [0.25, 0.3) is 0 Å². The second-order valence-corrected chi connectivity index (χ2v) is 1.80. The molecule has 7 nitrogen and oxygen atoms in total. The largest absolute Gasteiger partial charge is 0.475 e. The molecule has 0 amide bonds. The van der Waals surface area contributed by atoms with Gasteiger partial charge in [0.1, 0.15) is 0 Å². The zero-order chi connectivity index (χ0) is 10.3. The number of rotatable bonds is 2. The van der Waals surface area contributed by atoms with Crippen molar-refractivity contribution in [1.82, 2.24) is 0 Å². The van der Waals surface area contributed by atoms with Crippen LogP contribution in [0.1, 0.15) is 6.92 Å². The summed E-state index contributed by atoms with van der Waals surface area (Å²) in [5.41, 5.74) is 0. The molecule has 13 heavy (non-hydrogen) atoms. The van der Waals surface area contributed by atoms with Gasteiger partial charge < -0.3 is 25.5 Å². The first-order valence-electron chi connectivity index (χ1n) is 2.85. The molecule has 7 N–H and O–H groups in total. The molecule has 0 aromatic carbocycles. The molecule has 0 aliphatic rings. The Hall–Kier alpha value is -0.557. The van der Waals surface area contributed by atoms with Crippen LogP contribution in [-0.2, 0) is 29.1 Å². The quantitative estimate of drug-likeness (QED) is 0.277. The summed E-state index contributed by atoms with van der Waals surface area (Å²) in [5.74, 6) is -2.59. The predicted molar refractivity (Wildman–Crippen MR) is 38.0 cm³/mol. The van der Waals surface area contributed by atoms with Gasteiger partial charge >= 0.3 is 18.2 Å². The number of hydrogen-bond donors (Lipinski definition) is 3. The molecule has 0 heterocycles. The van der Waals surface area contributed by atoms with Crippen molar-refractivity contribution in [3.8, 4) is 0 Å². The molecule has 0 saturated carbocycles. The van der Waals surface area contributed by atoms with E-state index < -0.39 is 24.3 Å². The molecule has 0 aromatic rings. The first-order chi connectivity index (χ1) is 5.29. The maximum Gasteiger partial charge on any atom is 0.415 e. The molecule has 2 atom stereocenters. The van der Waals surface area contributed by atoms with Crippen molar-refractivity contribution in [2.24, 2.45) is 0 Å². The van der Waals surface area contributed by atoms with E-state index in [1.165, 1.54) is 6.92 Å². The van der Waals surface area contributed by atoms with Crippen LogP contribution in [0.2, 0.25) is 0 Å². The van der Waals surface area contributed by atoms with Gasteiger partial charge in [0, 0.05) is 26.4 Å². The van der Waals surface area contributed by atoms with Crippen LogP contribution in [0.15, 0.2) is 0 Å². The summed E-state index contributed by atoms with van der Waals surface area (Å²) in [6.45, 7) is 1.31. The fourth-order valence-electron chi connectivity index (χ4n) is 0. The molecule has 0 aromatic heterocycles. The molecule has 0 aliphatic carbocycles. The standard InChI is InChI=1S/C3H6O3.C2H4O4.Zn/c1-2(4)3(5)6;3-1(4)2(5)6;/h2,4H,1H3,(H,5,6);1,3-4H,(H,5,6);/p+2. The monoisotopic (exact) mass is 248 g/mol. The van der Waals surface area contributed by atoms with Crippen molar-refractivity contribution < 1.29 is 54.6 Å². The molecule has 0 radical (unpaired) electrons. The van der Waals surface area contributed by atoms with Gasteiger partial charge in [-0.2, -0.15) is 0 Å². The molecule has 0 saturated heterocycles. The average molecular weight is 250 g/mol. The summed E-state index contributed by atoms with van der Waals surface area (Å²) in [5, 5.41) is 35.5. The Morgan fingerprint density at radius 3 is 1.31 bits per heavy atom. The maximum atomic E-state index is 9.51. The first kappa shape index (κ1) is 18.3. The zero-order valence-corrected chi connectivity index (χ0v) is 9.99. The van der Waals surface area contributed by atoms with Gasteiger partial charge in [0.25, 0.3) is 0 Å². The van der Waals surface area contributed by atoms with Crippen molar-refractivity contribution >= 4 is 11.9 Å². The Morgan fingerprint density at radius 1 is 1.15 bits per heavy atom. The van der Waals surface area contributed by atoms with Gasteiger partial charge in [0.05, 0.1) is 0 Å². The number of aliphatic hydroxyl groups excluding tert-OH is 1. The van der Waals surface area contributed by atoms with Gasteiger partial charge in [-0.1, -0.05) is 0 Å². The number of carboxylic acid groups (broad SMARTS) is 2. The SMILES string of the molecule is CC([OH2+])C(=O)O.O=C(O)C(O)[OH2+].[Zn]. The van der Waals surface area contributed by atoms with Gasteiger partial charge in [0.15, 0.2) is 0 Å². The molecule has 74 valence electrons. The van der Waals surface area contributed by atoms with Gasteiger partial charge in [-0.3, -0.25) is 0 Å². The Balaban J connectivity index is -0.000000143. The molecule has 2 unspecified atom stereocenters. The summed E-state index contributed by atoms with van der Waals surface area (Å²) >= 11 is 0. The van der Waals surface area contributed by atoms with Gasteiger partial charge in [-0.05, 0) is 0 Å². The molecule has 0 spiro atoms. The number of aliphatic hydroxyl groups is 1. The maximum absolute atomic E-state index is 9.51. The zero-order valence-electron chi connectivity index (χ0n) is 7.02. The van der Waals surface area contributed by atoms with E-state index in [1.54, 1.807) is 0 Å². The van der Waals surface area contributed by atoms with E-state index in [-0.39, 0.29) is 19.5 Å².